The lowest BCUT2D eigenvalue weighted by Crippen LogP contribution is -2.16. The fourth-order valence-electron chi connectivity index (χ4n) is 9.24. The lowest BCUT2D eigenvalue weighted by atomic mass is 9.82. The van der Waals surface area contributed by atoms with Crippen LogP contribution in [0.5, 0.6) is 0 Å². The number of nitrogens with zero attached hydrogens (tertiary/aromatic N) is 1. The number of furan rings is 1. The van der Waals surface area contributed by atoms with E-state index in [1.54, 1.807) is 0 Å². The Hall–Kier alpha value is -7.16. The van der Waals surface area contributed by atoms with Gasteiger partial charge in [-0.15, -0.1) is 0 Å². The standard InChI is InChI=1S/C55H39NO/c1-55(2)50-25-15-14-23-45(50)46-28-26-42(34-51(46)55)56(43-31-39(36-16-6-3-7-17-36)30-40(32-43)37-18-8-4-9-19-37)41-27-29-52-49(33-41)54-47-24-13-12-22-44(47)48(35-53(54)57-52)38-20-10-5-11-21-38/h3-35H,1-2H3. The van der Waals surface area contributed by atoms with Crippen LogP contribution in [0.15, 0.2) is 205 Å². The molecule has 2 nitrogen and oxygen atoms in total. The van der Waals surface area contributed by atoms with Crippen molar-refractivity contribution in [3.05, 3.63) is 211 Å². The third kappa shape index (κ3) is 5.40. The molecule has 1 aromatic heterocycles. The molecule has 1 aliphatic carbocycles. The summed E-state index contributed by atoms with van der Waals surface area (Å²) in [6, 6.07) is 72.6. The maximum atomic E-state index is 6.73. The summed E-state index contributed by atoms with van der Waals surface area (Å²) in [6.45, 7) is 4.71. The van der Waals surface area contributed by atoms with E-state index in [0.717, 1.165) is 39.0 Å². The Morgan fingerprint density at radius 1 is 0.351 bits per heavy atom. The highest BCUT2D eigenvalue weighted by Crippen LogP contribution is 2.51. The van der Waals surface area contributed by atoms with E-state index in [-0.39, 0.29) is 5.41 Å². The van der Waals surface area contributed by atoms with Gasteiger partial charge in [0, 0.05) is 33.2 Å². The lowest BCUT2D eigenvalue weighted by Gasteiger charge is -2.29. The van der Waals surface area contributed by atoms with E-state index in [2.05, 4.69) is 219 Å². The third-order valence-corrected chi connectivity index (χ3v) is 12.0. The second-order valence-corrected chi connectivity index (χ2v) is 15.7. The first-order valence-corrected chi connectivity index (χ1v) is 19.8. The summed E-state index contributed by atoms with van der Waals surface area (Å²) >= 11 is 0. The van der Waals surface area contributed by atoms with Gasteiger partial charge in [0.05, 0.1) is 0 Å². The molecule has 0 saturated heterocycles. The zero-order valence-electron chi connectivity index (χ0n) is 31.9. The molecule has 1 aliphatic rings. The van der Waals surface area contributed by atoms with Gasteiger partial charge in [0.25, 0.3) is 0 Å². The van der Waals surface area contributed by atoms with Crippen LogP contribution in [0.4, 0.5) is 17.1 Å². The molecule has 0 amide bonds. The zero-order chi connectivity index (χ0) is 38.1. The van der Waals surface area contributed by atoms with Gasteiger partial charge in [-0.25, -0.2) is 0 Å². The summed E-state index contributed by atoms with van der Waals surface area (Å²) in [5, 5.41) is 4.63. The van der Waals surface area contributed by atoms with Gasteiger partial charge < -0.3 is 9.32 Å². The predicted octanol–water partition coefficient (Wildman–Crippen LogP) is 15.5. The highest BCUT2D eigenvalue weighted by atomic mass is 16.3. The van der Waals surface area contributed by atoms with Crippen molar-refractivity contribution in [2.45, 2.75) is 19.3 Å². The zero-order valence-corrected chi connectivity index (χ0v) is 31.9. The fourth-order valence-corrected chi connectivity index (χ4v) is 9.24. The molecule has 11 rings (SSSR count). The SMILES string of the molecule is CC1(C)c2ccccc2-c2ccc(N(c3cc(-c4ccccc4)cc(-c4ccccc4)c3)c3ccc4oc5cc(-c6ccccc6)c6ccccc6c5c4c3)cc21. The summed E-state index contributed by atoms with van der Waals surface area (Å²) in [4.78, 5) is 2.44. The molecule has 10 aromatic rings. The largest absolute Gasteiger partial charge is 0.456 e. The van der Waals surface area contributed by atoms with Crippen LogP contribution in [0, 0.1) is 0 Å². The highest BCUT2D eigenvalue weighted by Gasteiger charge is 2.36. The molecule has 0 unspecified atom stereocenters. The molecule has 57 heavy (non-hydrogen) atoms. The van der Waals surface area contributed by atoms with Crippen LogP contribution in [0.25, 0.3) is 77.2 Å². The second-order valence-electron chi connectivity index (χ2n) is 15.7. The van der Waals surface area contributed by atoms with E-state index < -0.39 is 0 Å². The first-order chi connectivity index (χ1) is 28.0. The van der Waals surface area contributed by atoms with Gasteiger partial charge >= 0.3 is 0 Å². The Bertz CT molecular complexity index is 3080. The van der Waals surface area contributed by atoms with Crippen molar-refractivity contribution in [3.8, 4) is 44.5 Å². The Kier molecular flexibility index (Phi) is 7.55. The molecule has 0 saturated carbocycles. The Labute approximate surface area is 332 Å². The van der Waals surface area contributed by atoms with Crippen molar-refractivity contribution >= 4 is 49.8 Å². The summed E-state index contributed by atoms with van der Waals surface area (Å²) in [5.41, 5.74) is 17.3. The van der Waals surface area contributed by atoms with Crippen LogP contribution in [0.1, 0.15) is 25.0 Å². The molecule has 0 fully saturated rings. The van der Waals surface area contributed by atoms with Gasteiger partial charge in [0.2, 0.25) is 0 Å². The van der Waals surface area contributed by atoms with Gasteiger partial charge in [-0.1, -0.05) is 159 Å². The average molecular weight is 730 g/mol. The summed E-state index contributed by atoms with van der Waals surface area (Å²) < 4.78 is 6.73. The molecule has 0 spiro atoms. The molecule has 0 bridgehead atoms. The number of hydrogen-bond acceptors (Lipinski definition) is 2. The number of rotatable bonds is 6. The van der Waals surface area contributed by atoms with E-state index in [1.165, 1.54) is 66.4 Å². The molecule has 270 valence electrons. The molecule has 2 heteroatoms. The van der Waals surface area contributed by atoms with Crippen LogP contribution in [0.3, 0.4) is 0 Å². The Morgan fingerprint density at radius 3 is 1.61 bits per heavy atom. The van der Waals surface area contributed by atoms with Crippen molar-refractivity contribution in [3.63, 3.8) is 0 Å². The first kappa shape index (κ1) is 33.2. The fraction of sp³-hybridized carbons (Fsp3) is 0.0545. The molecular formula is C55H39NO. The molecule has 0 aliphatic heterocycles. The van der Waals surface area contributed by atoms with Crippen molar-refractivity contribution < 1.29 is 4.42 Å². The molecule has 1 heterocycles. The minimum absolute atomic E-state index is 0.144. The minimum atomic E-state index is -0.144. The summed E-state index contributed by atoms with van der Waals surface area (Å²) in [5.74, 6) is 0. The van der Waals surface area contributed by atoms with Crippen LogP contribution in [-0.2, 0) is 5.41 Å². The quantitative estimate of drug-likeness (QED) is 0.169. The third-order valence-electron chi connectivity index (χ3n) is 12.0. The van der Waals surface area contributed by atoms with Crippen molar-refractivity contribution in [2.75, 3.05) is 4.90 Å². The lowest BCUT2D eigenvalue weighted by molar-refractivity contribution is 0.660. The monoisotopic (exact) mass is 729 g/mol. The maximum Gasteiger partial charge on any atom is 0.136 e. The first-order valence-electron chi connectivity index (χ1n) is 19.8. The molecule has 0 radical (unpaired) electrons. The van der Waals surface area contributed by atoms with Gasteiger partial charge in [-0.05, 0) is 121 Å². The Balaban J connectivity index is 1.18. The van der Waals surface area contributed by atoms with E-state index in [9.17, 15) is 0 Å². The molecule has 9 aromatic carbocycles. The minimum Gasteiger partial charge on any atom is -0.456 e. The van der Waals surface area contributed by atoms with Crippen molar-refractivity contribution in [1.29, 1.82) is 0 Å². The van der Waals surface area contributed by atoms with Crippen LogP contribution < -0.4 is 4.90 Å². The summed E-state index contributed by atoms with van der Waals surface area (Å²) in [7, 11) is 0. The topological polar surface area (TPSA) is 16.4 Å². The van der Waals surface area contributed by atoms with E-state index in [0.29, 0.717) is 0 Å². The van der Waals surface area contributed by atoms with Crippen molar-refractivity contribution in [2.24, 2.45) is 0 Å². The van der Waals surface area contributed by atoms with E-state index in [1.807, 2.05) is 0 Å². The van der Waals surface area contributed by atoms with Crippen LogP contribution in [-0.4, -0.2) is 0 Å². The smallest absolute Gasteiger partial charge is 0.136 e. The summed E-state index contributed by atoms with van der Waals surface area (Å²) in [6.07, 6.45) is 0. The Morgan fingerprint density at radius 2 is 0.912 bits per heavy atom. The molecule has 0 atom stereocenters. The number of hydrogen-bond donors (Lipinski definition) is 0. The predicted molar refractivity (Wildman–Crippen MR) is 240 cm³/mol. The average Bonchev–Trinajstić information content (AvgIpc) is 3.75. The maximum absolute atomic E-state index is 6.73. The highest BCUT2D eigenvalue weighted by molar-refractivity contribution is 6.22. The number of anilines is 3. The molecular weight excluding hydrogens is 691 g/mol. The number of benzene rings is 9. The van der Waals surface area contributed by atoms with Gasteiger partial charge in [0.15, 0.2) is 0 Å². The van der Waals surface area contributed by atoms with Gasteiger partial charge in [-0.2, -0.15) is 0 Å². The number of fused-ring (bicyclic) bond motifs is 8. The normalized spacial score (nSPS) is 12.9. The van der Waals surface area contributed by atoms with Crippen molar-refractivity contribution in [1.82, 2.24) is 0 Å². The van der Waals surface area contributed by atoms with E-state index in [4.69, 9.17) is 4.42 Å². The van der Waals surface area contributed by atoms with Crippen LogP contribution >= 0.6 is 0 Å². The van der Waals surface area contributed by atoms with Gasteiger partial charge in [0.1, 0.15) is 11.2 Å². The molecule has 0 N–H and O–H groups in total. The van der Waals surface area contributed by atoms with Gasteiger partial charge in [-0.3, -0.25) is 0 Å². The second kappa shape index (κ2) is 13.0. The van der Waals surface area contributed by atoms with Crippen LogP contribution in [0.2, 0.25) is 0 Å². The van der Waals surface area contributed by atoms with E-state index >= 15 is 0 Å².